The van der Waals surface area contributed by atoms with E-state index in [1.54, 1.807) is 48.5 Å². The zero-order valence-electron chi connectivity index (χ0n) is 15.6. The van der Waals surface area contributed by atoms with E-state index in [4.69, 9.17) is 9.47 Å². The van der Waals surface area contributed by atoms with Crippen molar-refractivity contribution in [1.29, 1.82) is 0 Å². The van der Waals surface area contributed by atoms with Gasteiger partial charge in [-0.05, 0) is 37.1 Å². The topological polar surface area (TPSA) is 72.9 Å². The summed E-state index contributed by atoms with van der Waals surface area (Å²) in [6.45, 7) is 0. The Morgan fingerprint density at radius 2 is 1.64 bits per heavy atom. The summed E-state index contributed by atoms with van der Waals surface area (Å²) in [5, 5.41) is 0. The molecular weight excluding hydrogens is 358 g/mol. The van der Waals surface area contributed by atoms with Gasteiger partial charge in [-0.3, -0.25) is 9.59 Å². The zero-order valence-corrected chi connectivity index (χ0v) is 15.6. The number of para-hydroxylation sites is 1. The van der Waals surface area contributed by atoms with Gasteiger partial charge in [0.2, 0.25) is 11.8 Å². The highest BCUT2D eigenvalue weighted by molar-refractivity contribution is 6.22. The fourth-order valence-corrected chi connectivity index (χ4v) is 4.08. The van der Waals surface area contributed by atoms with Gasteiger partial charge in [0.15, 0.2) is 0 Å². The molecule has 2 aromatic rings. The van der Waals surface area contributed by atoms with E-state index in [1.807, 2.05) is 0 Å². The first-order valence-corrected chi connectivity index (χ1v) is 9.43. The second-order valence-corrected chi connectivity index (χ2v) is 7.10. The Labute approximate surface area is 163 Å². The number of anilines is 1. The summed E-state index contributed by atoms with van der Waals surface area (Å²) in [4.78, 5) is 39.3. The monoisotopic (exact) mass is 379 g/mol. The highest BCUT2D eigenvalue weighted by Crippen LogP contribution is 2.40. The van der Waals surface area contributed by atoms with Crippen LogP contribution in [0.2, 0.25) is 0 Å². The van der Waals surface area contributed by atoms with Crippen LogP contribution in [0.25, 0.3) is 0 Å². The number of fused-ring (bicyclic) bond motifs is 1. The number of rotatable bonds is 4. The average Bonchev–Trinajstić information content (AvgIpc) is 2.99. The van der Waals surface area contributed by atoms with Crippen molar-refractivity contribution < 1.29 is 23.9 Å². The smallest absolute Gasteiger partial charge is 0.347 e. The van der Waals surface area contributed by atoms with Crippen molar-refractivity contribution in [3.63, 3.8) is 0 Å². The Hall–Kier alpha value is -3.15. The lowest BCUT2D eigenvalue weighted by molar-refractivity contribution is -0.122. The molecule has 2 aliphatic rings. The number of amides is 2. The second-order valence-electron chi connectivity index (χ2n) is 7.10. The van der Waals surface area contributed by atoms with Crippen molar-refractivity contribution in [2.24, 2.45) is 11.8 Å². The van der Waals surface area contributed by atoms with Gasteiger partial charge in [-0.15, -0.1) is 0 Å². The summed E-state index contributed by atoms with van der Waals surface area (Å²) in [6, 6.07) is 13.3. The van der Waals surface area contributed by atoms with E-state index in [1.165, 1.54) is 12.0 Å². The number of hydrogen-bond acceptors (Lipinski definition) is 5. The van der Waals surface area contributed by atoms with Crippen LogP contribution in [-0.2, 0) is 9.59 Å². The van der Waals surface area contributed by atoms with Crippen LogP contribution >= 0.6 is 0 Å². The van der Waals surface area contributed by atoms with Crippen LogP contribution in [0.1, 0.15) is 36.0 Å². The molecule has 0 spiro atoms. The van der Waals surface area contributed by atoms with Gasteiger partial charge in [0, 0.05) is 6.07 Å². The molecule has 2 atom stereocenters. The number of benzene rings is 2. The molecule has 6 nitrogen and oxygen atoms in total. The number of carbonyl (C=O) groups excluding carboxylic acids is 3. The van der Waals surface area contributed by atoms with E-state index in [0.717, 1.165) is 25.7 Å². The molecule has 0 radical (unpaired) electrons. The fourth-order valence-electron chi connectivity index (χ4n) is 4.08. The number of nitrogens with zero attached hydrogens (tertiary/aromatic N) is 1. The van der Waals surface area contributed by atoms with E-state index in [0.29, 0.717) is 17.0 Å². The van der Waals surface area contributed by atoms with E-state index in [9.17, 15) is 14.4 Å². The first-order valence-electron chi connectivity index (χ1n) is 9.43. The standard InChI is InChI=1S/C22H21NO5/c1-27-19-12-5-4-11-18(19)22(26)28-15-8-6-7-14(13-15)23-20(24)16-9-2-3-10-17(16)21(23)25/h4-8,11-13,16-17H,2-3,9-10H2,1H3. The molecule has 4 rings (SSSR count). The maximum absolute atomic E-state index is 12.8. The number of hydrogen-bond donors (Lipinski definition) is 0. The van der Waals surface area contributed by atoms with E-state index in [-0.39, 0.29) is 29.4 Å². The van der Waals surface area contributed by atoms with Crippen LogP contribution in [0.4, 0.5) is 5.69 Å². The molecule has 1 aliphatic carbocycles. The molecule has 28 heavy (non-hydrogen) atoms. The molecule has 6 heteroatoms. The first-order chi connectivity index (χ1) is 13.6. The summed E-state index contributed by atoms with van der Waals surface area (Å²) >= 11 is 0. The second kappa shape index (κ2) is 7.46. The van der Waals surface area contributed by atoms with Gasteiger partial charge in [-0.25, -0.2) is 9.69 Å². The quantitative estimate of drug-likeness (QED) is 0.461. The highest BCUT2D eigenvalue weighted by Gasteiger charge is 2.48. The van der Waals surface area contributed by atoms with Gasteiger partial charge < -0.3 is 9.47 Å². The normalized spacial score (nSPS) is 21.4. The minimum atomic E-state index is -0.567. The predicted octanol–water partition coefficient (Wildman–Crippen LogP) is 3.59. The molecule has 2 aromatic carbocycles. The van der Waals surface area contributed by atoms with Crippen molar-refractivity contribution in [3.05, 3.63) is 54.1 Å². The van der Waals surface area contributed by atoms with Gasteiger partial charge in [-0.1, -0.05) is 31.0 Å². The van der Waals surface area contributed by atoms with Gasteiger partial charge in [-0.2, -0.15) is 0 Å². The van der Waals surface area contributed by atoms with Gasteiger partial charge in [0.25, 0.3) is 0 Å². The first kappa shape index (κ1) is 18.2. The molecule has 2 unspecified atom stereocenters. The van der Waals surface area contributed by atoms with Crippen LogP contribution in [0.15, 0.2) is 48.5 Å². The van der Waals surface area contributed by atoms with Crippen LogP contribution in [0.3, 0.4) is 0 Å². The van der Waals surface area contributed by atoms with E-state index < -0.39 is 5.97 Å². The zero-order chi connectivity index (χ0) is 19.7. The lowest BCUT2D eigenvalue weighted by Gasteiger charge is -2.19. The van der Waals surface area contributed by atoms with Gasteiger partial charge in [0.1, 0.15) is 17.1 Å². The van der Waals surface area contributed by atoms with Crippen molar-refractivity contribution in [2.75, 3.05) is 12.0 Å². The molecule has 1 aliphatic heterocycles. The van der Waals surface area contributed by atoms with Crippen LogP contribution < -0.4 is 14.4 Å². The predicted molar refractivity (Wildman–Crippen MR) is 102 cm³/mol. The van der Waals surface area contributed by atoms with Crippen molar-refractivity contribution in [2.45, 2.75) is 25.7 Å². The minimum Gasteiger partial charge on any atom is -0.496 e. The summed E-state index contributed by atoms with van der Waals surface area (Å²) in [6.07, 6.45) is 3.47. The molecule has 2 fully saturated rings. The fraction of sp³-hybridized carbons (Fsp3) is 0.318. The maximum Gasteiger partial charge on any atom is 0.347 e. The Kier molecular flexibility index (Phi) is 4.86. The lowest BCUT2D eigenvalue weighted by atomic mass is 9.81. The number of imide groups is 1. The third kappa shape index (κ3) is 3.15. The molecule has 2 amide bonds. The van der Waals surface area contributed by atoms with Crippen molar-refractivity contribution in [1.82, 2.24) is 0 Å². The average molecular weight is 379 g/mol. The molecular formula is C22H21NO5. The van der Waals surface area contributed by atoms with Gasteiger partial charge >= 0.3 is 5.97 Å². The molecule has 1 saturated carbocycles. The maximum atomic E-state index is 12.8. The largest absolute Gasteiger partial charge is 0.496 e. The van der Waals surface area contributed by atoms with Crippen LogP contribution in [-0.4, -0.2) is 24.9 Å². The van der Waals surface area contributed by atoms with Crippen LogP contribution in [0.5, 0.6) is 11.5 Å². The minimum absolute atomic E-state index is 0.150. The molecule has 0 aromatic heterocycles. The summed E-state index contributed by atoms with van der Waals surface area (Å²) in [7, 11) is 1.48. The number of methoxy groups -OCH3 is 1. The molecule has 1 heterocycles. The molecule has 1 saturated heterocycles. The Morgan fingerprint density at radius 3 is 2.32 bits per heavy atom. The molecule has 0 N–H and O–H groups in total. The number of ether oxygens (including phenoxy) is 2. The Bertz CT molecular complexity index is 914. The lowest BCUT2D eigenvalue weighted by Crippen LogP contribution is -2.30. The highest BCUT2D eigenvalue weighted by atomic mass is 16.5. The number of esters is 1. The Balaban J connectivity index is 1.57. The third-order valence-corrected chi connectivity index (χ3v) is 5.45. The SMILES string of the molecule is COc1ccccc1C(=O)Oc1cccc(N2C(=O)C3CCCCC3C2=O)c1. The molecule has 0 bridgehead atoms. The van der Waals surface area contributed by atoms with E-state index in [2.05, 4.69) is 0 Å². The van der Waals surface area contributed by atoms with E-state index >= 15 is 0 Å². The summed E-state index contributed by atoms with van der Waals surface area (Å²) in [5.41, 5.74) is 0.740. The summed E-state index contributed by atoms with van der Waals surface area (Å²) < 4.78 is 10.7. The number of carbonyl (C=O) groups is 3. The Morgan fingerprint density at radius 1 is 0.964 bits per heavy atom. The van der Waals surface area contributed by atoms with Crippen molar-refractivity contribution >= 4 is 23.5 Å². The third-order valence-electron chi connectivity index (χ3n) is 5.45. The summed E-state index contributed by atoms with van der Waals surface area (Å²) in [5.74, 6) is -0.628. The van der Waals surface area contributed by atoms with Crippen molar-refractivity contribution in [3.8, 4) is 11.5 Å². The van der Waals surface area contributed by atoms with Gasteiger partial charge in [0.05, 0.1) is 24.6 Å². The molecule has 144 valence electrons. The van der Waals surface area contributed by atoms with Crippen LogP contribution in [0, 0.1) is 11.8 Å².